The molecule has 2 aliphatic rings. The maximum atomic E-state index is 13.0. The van der Waals surface area contributed by atoms with Crippen molar-refractivity contribution in [3.8, 4) is 0 Å². The highest BCUT2D eigenvalue weighted by molar-refractivity contribution is 5.79. The average molecular weight is 337 g/mol. The van der Waals surface area contributed by atoms with Crippen LogP contribution < -0.4 is 0 Å². The molecule has 1 aromatic carbocycles. The van der Waals surface area contributed by atoms with Gasteiger partial charge in [-0.1, -0.05) is 30.3 Å². The van der Waals surface area contributed by atoms with E-state index >= 15 is 0 Å². The molecule has 0 radical (unpaired) electrons. The first-order valence-electron chi connectivity index (χ1n) is 9.64. The van der Waals surface area contributed by atoms with Crippen molar-refractivity contribution in [2.45, 2.75) is 50.4 Å². The summed E-state index contributed by atoms with van der Waals surface area (Å²) in [6.45, 7) is 1.77. The van der Waals surface area contributed by atoms with E-state index in [1.54, 1.807) is 6.20 Å². The lowest BCUT2D eigenvalue weighted by atomic mass is 9.78. The number of likely N-dealkylation sites (tertiary alicyclic amines) is 1. The minimum Gasteiger partial charge on any atom is -0.342 e. The summed E-state index contributed by atoms with van der Waals surface area (Å²) in [7, 11) is 0. The van der Waals surface area contributed by atoms with Crippen molar-refractivity contribution >= 4 is 5.91 Å². The molecule has 0 spiro atoms. The SMILES string of the molecule is O=C(C1CCC(c2ccccc2)CC1)N1CCC[C@H](c2ccn[nH]2)C1. The van der Waals surface area contributed by atoms with E-state index in [0.717, 1.165) is 51.6 Å². The highest BCUT2D eigenvalue weighted by atomic mass is 16.2. The summed E-state index contributed by atoms with van der Waals surface area (Å²) in [6.07, 6.45) is 8.38. The molecule has 1 saturated heterocycles. The molecule has 2 aromatic rings. The number of carbonyl (C=O) groups is 1. The van der Waals surface area contributed by atoms with Gasteiger partial charge in [0.25, 0.3) is 0 Å². The second kappa shape index (κ2) is 7.42. The van der Waals surface area contributed by atoms with Gasteiger partial charge in [-0.05, 0) is 56.1 Å². The number of amides is 1. The van der Waals surface area contributed by atoms with Crippen molar-refractivity contribution in [1.29, 1.82) is 0 Å². The molecule has 2 heterocycles. The number of nitrogens with zero attached hydrogens (tertiary/aromatic N) is 2. The number of nitrogens with one attached hydrogen (secondary N) is 1. The molecule has 4 nitrogen and oxygen atoms in total. The summed E-state index contributed by atoms with van der Waals surface area (Å²) in [5, 5.41) is 7.15. The van der Waals surface area contributed by atoms with E-state index in [1.165, 1.54) is 11.3 Å². The number of hydrogen-bond acceptors (Lipinski definition) is 2. The van der Waals surface area contributed by atoms with Crippen molar-refractivity contribution in [1.82, 2.24) is 15.1 Å². The molecule has 0 bridgehead atoms. The van der Waals surface area contributed by atoms with Crippen LogP contribution in [-0.2, 0) is 4.79 Å². The third-order valence-electron chi connectivity index (χ3n) is 6.04. The quantitative estimate of drug-likeness (QED) is 0.917. The largest absolute Gasteiger partial charge is 0.342 e. The van der Waals surface area contributed by atoms with Crippen LogP contribution in [0, 0.1) is 5.92 Å². The van der Waals surface area contributed by atoms with Gasteiger partial charge in [0.2, 0.25) is 5.91 Å². The standard InChI is InChI=1S/C21H27N3O/c25-21(24-14-4-7-19(15-24)20-12-13-22-23-20)18-10-8-17(9-11-18)16-5-2-1-3-6-16/h1-3,5-6,12-13,17-19H,4,7-11,14-15H2,(H,22,23)/t17?,18?,19-/m0/s1. The van der Waals surface area contributed by atoms with E-state index in [1.807, 2.05) is 6.07 Å². The summed E-state index contributed by atoms with van der Waals surface area (Å²) in [5.74, 6) is 1.65. The number of piperidine rings is 1. The Balaban J connectivity index is 1.34. The summed E-state index contributed by atoms with van der Waals surface area (Å²) in [4.78, 5) is 15.1. The number of rotatable bonds is 3. The number of aromatic amines is 1. The third-order valence-corrected chi connectivity index (χ3v) is 6.04. The van der Waals surface area contributed by atoms with Gasteiger partial charge in [0.15, 0.2) is 0 Å². The van der Waals surface area contributed by atoms with Gasteiger partial charge in [0, 0.05) is 36.8 Å². The molecule has 132 valence electrons. The van der Waals surface area contributed by atoms with Gasteiger partial charge in [-0.2, -0.15) is 5.10 Å². The molecular weight excluding hydrogens is 310 g/mol. The molecule has 1 N–H and O–H groups in total. The minimum absolute atomic E-state index is 0.223. The molecule has 4 heteroatoms. The molecular formula is C21H27N3O. The second-order valence-corrected chi connectivity index (χ2v) is 7.59. The number of benzene rings is 1. The van der Waals surface area contributed by atoms with E-state index in [4.69, 9.17) is 0 Å². The molecule has 2 fully saturated rings. The van der Waals surface area contributed by atoms with Crippen LogP contribution in [0.2, 0.25) is 0 Å². The summed E-state index contributed by atoms with van der Waals surface area (Å²) in [5.41, 5.74) is 2.61. The van der Waals surface area contributed by atoms with Crippen LogP contribution in [0.1, 0.15) is 61.6 Å². The van der Waals surface area contributed by atoms with E-state index in [-0.39, 0.29) is 5.92 Å². The van der Waals surface area contributed by atoms with Gasteiger partial charge >= 0.3 is 0 Å². The Morgan fingerprint density at radius 1 is 1.00 bits per heavy atom. The van der Waals surface area contributed by atoms with Crippen molar-refractivity contribution < 1.29 is 4.79 Å². The third kappa shape index (κ3) is 3.63. The zero-order valence-electron chi connectivity index (χ0n) is 14.7. The Hall–Kier alpha value is -2.10. The fourth-order valence-electron chi connectivity index (χ4n) is 4.58. The molecule has 1 aromatic heterocycles. The normalized spacial score (nSPS) is 27.2. The molecule has 4 rings (SSSR count). The van der Waals surface area contributed by atoms with E-state index in [9.17, 15) is 4.79 Å². The summed E-state index contributed by atoms with van der Waals surface area (Å²) >= 11 is 0. The number of carbonyl (C=O) groups excluding carboxylic acids is 1. The molecule has 25 heavy (non-hydrogen) atoms. The molecule has 1 amide bonds. The summed E-state index contributed by atoms with van der Waals surface area (Å²) < 4.78 is 0. The van der Waals surface area contributed by atoms with Crippen LogP contribution in [0.5, 0.6) is 0 Å². The van der Waals surface area contributed by atoms with E-state index in [2.05, 4.69) is 45.4 Å². The van der Waals surface area contributed by atoms with Gasteiger partial charge in [-0.25, -0.2) is 0 Å². The first-order valence-corrected chi connectivity index (χ1v) is 9.64. The highest BCUT2D eigenvalue weighted by Gasteiger charge is 2.32. The topological polar surface area (TPSA) is 49.0 Å². The fraction of sp³-hybridized carbons (Fsp3) is 0.524. The minimum atomic E-state index is 0.223. The predicted octanol–water partition coefficient (Wildman–Crippen LogP) is 4.09. The van der Waals surface area contributed by atoms with Gasteiger partial charge in [-0.3, -0.25) is 9.89 Å². The van der Waals surface area contributed by atoms with Gasteiger partial charge in [-0.15, -0.1) is 0 Å². The van der Waals surface area contributed by atoms with Crippen molar-refractivity contribution in [2.75, 3.05) is 13.1 Å². The molecule has 1 saturated carbocycles. The predicted molar refractivity (Wildman–Crippen MR) is 98.3 cm³/mol. The Morgan fingerprint density at radius 2 is 1.80 bits per heavy atom. The highest BCUT2D eigenvalue weighted by Crippen LogP contribution is 2.37. The molecule has 1 atom stereocenters. The zero-order chi connectivity index (χ0) is 17.1. The van der Waals surface area contributed by atoms with Crippen LogP contribution in [0.25, 0.3) is 0 Å². The molecule has 1 aliphatic carbocycles. The van der Waals surface area contributed by atoms with E-state index < -0.39 is 0 Å². The first-order chi connectivity index (χ1) is 12.3. The number of aromatic nitrogens is 2. The lowest BCUT2D eigenvalue weighted by Gasteiger charge is -2.36. The number of H-pyrrole nitrogens is 1. The van der Waals surface area contributed by atoms with Crippen LogP contribution in [0.4, 0.5) is 0 Å². The summed E-state index contributed by atoms with van der Waals surface area (Å²) in [6, 6.07) is 12.8. The fourth-order valence-corrected chi connectivity index (χ4v) is 4.58. The Bertz CT molecular complexity index is 674. The van der Waals surface area contributed by atoms with Crippen molar-refractivity contribution in [3.05, 3.63) is 53.9 Å². The Kier molecular flexibility index (Phi) is 4.86. The Labute approximate surface area is 149 Å². The van der Waals surface area contributed by atoms with Gasteiger partial charge in [0.05, 0.1) is 0 Å². The lowest BCUT2D eigenvalue weighted by Crippen LogP contribution is -2.43. The van der Waals surface area contributed by atoms with Crippen LogP contribution >= 0.6 is 0 Å². The first kappa shape index (κ1) is 16.4. The lowest BCUT2D eigenvalue weighted by molar-refractivity contribution is -0.137. The van der Waals surface area contributed by atoms with Gasteiger partial charge < -0.3 is 4.90 Å². The molecule has 1 aliphatic heterocycles. The maximum absolute atomic E-state index is 13.0. The molecule has 0 unspecified atom stereocenters. The van der Waals surface area contributed by atoms with Gasteiger partial charge in [0.1, 0.15) is 0 Å². The monoisotopic (exact) mass is 337 g/mol. The van der Waals surface area contributed by atoms with Crippen molar-refractivity contribution in [3.63, 3.8) is 0 Å². The van der Waals surface area contributed by atoms with Crippen LogP contribution in [-0.4, -0.2) is 34.1 Å². The van der Waals surface area contributed by atoms with Crippen LogP contribution in [0.15, 0.2) is 42.6 Å². The Morgan fingerprint density at radius 3 is 2.52 bits per heavy atom. The van der Waals surface area contributed by atoms with E-state index in [0.29, 0.717) is 17.7 Å². The number of hydrogen-bond donors (Lipinski definition) is 1. The van der Waals surface area contributed by atoms with Crippen LogP contribution in [0.3, 0.4) is 0 Å². The van der Waals surface area contributed by atoms with Crippen molar-refractivity contribution in [2.24, 2.45) is 5.92 Å². The maximum Gasteiger partial charge on any atom is 0.225 e. The zero-order valence-corrected chi connectivity index (χ0v) is 14.7. The smallest absolute Gasteiger partial charge is 0.225 e. The second-order valence-electron chi connectivity index (χ2n) is 7.59. The average Bonchev–Trinajstić information content (AvgIpc) is 3.23.